The van der Waals surface area contributed by atoms with Crippen LogP contribution < -0.4 is 5.32 Å². The van der Waals surface area contributed by atoms with Crippen molar-refractivity contribution in [3.63, 3.8) is 0 Å². The van der Waals surface area contributed by atoms with Crippen molar-refractivity contribution in [2.75, 3.05) is 13.2 Å². The summed E-state index contributed by atoms with van der Waals surface area (Å²) in [6, 6.07) is 0. The maximum Gasteiger partial charge on any atom is 0.220 e. The van der Waals surface area contributed by atoms with E-state index >= 15 is 0 Å². The highest BCUT2D eigenvalue weighted by atomic mass is 16.5. The Labute approximate surface area is 188 Å². The topological polar surface area (TPSA) is 38.3 Å². The fourth-order valence-corrected chi connectivity index (χ4v) is 4.49. The zero-order valence-electron chi connectivity index (χ0n) is 20.4. The van der Waals surface area contributed by atoms with Crippen molar-refractivity contribution in [3.8, 4) is 0 Å². The van der Waals surface area contributed by atoms with Crippen molar-refractivity contribution in [2.45, 2.75) is 154 Å². The maximum atomic E-state index is 11.8. The molecule has 1 fully saturated rings. The first-order valence-corrected chi connectivity index (χ1v) is 13.7. The molecule has 1 aliphatic heterocycles. The first kappa shape index (κ1) is 27.5. The lowest BCUT2D eigenvalue weighted by atomic mass is 10.0. The van der Waals surface area contributed by atoms with Crippen molar-refractivity contribution in [1.82, 2.24) is 5.32 Å². The number of carbonyl (C=O) groups is 1. The Balaban J connectivity index is 1.67. The van der Waals surface area contributed by atoms with Crippen LogP contribution in [0.15, 0.2) is 0 Å². The van der Waals surface area contributed by atoms with Crippen LogP contribution >= 0.6 is 0 Å². The molecule has 30 heavy (non-hydrogen) atoms. The largest absolute Gasteiger partial charge is 0.376 e. The molecule has 0 radical (unpaired) electrons. The molecule has 0 bridgehead atoms. The first-order chi connectivity index (χ1) is 14.8. The average molecular weight is 424 g/mol. The fraction of sp³-hybridized carbons (Fsp3) is 0.963. The maximum absolute atomic E-state index is 11.8. The minimum absolute atomic E-state index is 0.206. The van der Waals surface area contributed by atoms with Crippen LogP contribution in [0.4, 0.5) is 0 Å². The number of unbranched alkanes of at least 4 members (excludes halogenated alkanes) is 18. The summed E-state index contributed by atoms with van der Waals surface area (Å²) in [5.74, 6) is 0.206. The third-order valence-corrected chi connectivity index (χ3v) is 6.56. The van der Waals surface area contributed by atoms with Crippen LogP contribution in [0.3, 0.4) is 0 Å². The van der Waals surface area contributed by atoms with Crippen LogP contribution in [0.25, 0.3) is 0 Å². The van der Waals surface area contributed by atoms with Gasteiger partial charge in [0, 0.05) is 19.6 Å². The van der Waals surface area contributed by atoms with Gasteiger partial charge in [0.2, 0.25) is 5.91 Å². The standard InChI is InChI=1S/C27H53NO2/c1-2-3-4-5-6-7-8-9-10-11-12-13-14-15-16-17-18-19-20-23-27(29)28-25-26-22-21-24-30-26/h26H,2-25H2,1H3,(H,28,29). The number of nitrogens with one attached hydrogen (secondary N) is 1. The third-order valence-electron chi connectivity index (χ3n) is 6.56. The molecular formula is C27H53NO2. The van der Waals surface area contributed by atoms with Gasteiger partial charge < -0.3 is 10.1 Å². The van der Waals surface area contributed by atoms with Crippen LogP contribution in [0.5, 0.6) is 0 Å². The minimum atomic E-state index is 0.206. The molecule has 1 atom stereocenters. The van der Waals surface area contributed by atoms with E-state index < -0.39 is 0 Å². The van der Waals surface area contributed by atoms with Gasteiger partial charge in [0.1, 0.15) is 0 Å². The molecule has 1 unspecified atom stereocenters. The van der Waals surface area contributed by atoms with Gasteiger partial charge in [-0.3, -0.25) is 4.79 Å². The van der Waals surface area contributed by atoms with Gasteiger partial charge in [-0.05, 0) is 19.3 Å². The Bertz CT molecular complexity index is 366. The van der Waals surface area contributed by atoms with Crippen LogP contribution in [-0.4, -0.2) is 25.2 Å². The highest BCUT2D eigenvalue weighted by Crippen LogP contribution is 2.15. The zero-order chi connectivity index (χ0) is 21.5. The van der Waals surface area contributed by atoms with E-state index in [1.807, 2.05) is 0 Å². The lowest BCUT2D eigenvalue weighted by Gasteiger charge is -2.10. The monoisotopic (exact) mass is 423 g/mol. The van der Waals surface area contributed by atoms with E-state index in [0.29, 0.717) is 13.0 Å². The van der Waals surface area contributed by atoms with E-state index in [4.69, 9.17) is 4.74 Å². The minimum Gasteiger partial charge on any atom is -0.376 e. The Morgan fingerprint density at radius 3 is 1.53 bits per heavy atom. The van der Waals surface area contributed by atoms with Crippen LogP contribution in [0.1, 0.15) is 148 Å². The Morgan fingerprint density at radius 2 is 1.13 bits per heavy atom. The Kier molecular flexibility index (Phi) is 19.8. The van der Waals surface area contributed by atoms with Gasteiger partial charge >= 0.3 is 0 Å². The molecule has 1 saturated heterocycles. The second kappa shape index (κ2) is 21.7. The van der Waals surface area contributed by atoms with E-state index in [2.05, 4.69) is 12.2 Å². The van der Waals surface area contributed by atoms with Crippen molar-refractivity contribution < 1.29 is 9.53 Å². The predicted molar refractivity (Wildman–Crippen MR) is 130 cm³/mol. The van der Waals surface area contributed by atoms with E-state index in [9.17, 15) is 4.79 Å². The van der Waals surface area contributed by atoms with Gasteiger partial charge in [0.05, 0.1) is 6.10 Å². The number of carbonyl (C=O) groups excluding carboxylic acids is 1. The summed E-state index contributed by atoms with van der Waals surface area (Å²) in [4.78, 5) is 11.8. The Hall–Kier alpha value is -0.570. The molecule has 1 heterocycles. The van der Waals surface area contributed by atoms with Gasteiger partial charge in [-0.15, -0.1) is 0 Å². The van der Waals surface area contributed by atoms with E-state index in [0.717, 1.165) is 25.9 Å². The van der Waals surface area contributed by atoms with Crippen LogP contribution in [0, 0.1) is 0 Å². The van der Waals surface area contributed by atoms with E-state index in [-0.39, 0.29) is 12.0 Å². The predicted octanol–water partition coefficient (Wildman–Crippen LogP) is 8.10. The molecule has 0 spiro atoms. The third kappa shape index (κ3) is 18.2. The van der Waals surface area contributed by atoms with Crippen LogP contribution in [0.2, 0.25) is 0 Å². The van der Waals surface area contributed by atoms with Gasteiger partial charge in [0.25, 0.3) is 0 Å². The van der Waals surface area contributed by atoms with Crippen molar-refractivity contribution in [3.05, 3.63) is 0 Å². The molecule has 0 aromatic rings. The normalized spacial score (nSPS) is 16.2. The molecule has 0 aromatic carbocycles. The van der Waals surface area contributed by atoms with Crippen LogP contribution in [-0.2, 0) is 9.53 Å². The highest BCUT2D eigenvalue weighted by molar-refractivity contribution is 5.75. The number of amides is 1. The summed E-state index contributed by atoms with van der Waals surface area (Å²) in [7, 11) is 0. The number of ether oxygens (including phenoxy) is 1. The summed E-state index contributed by atoms with van der Waals surface area (Å²) in [6.45, 7) is 3.86. The van der Waals surface area contributed by atoms with Gasteiger partial charge in [-0.2, -0.15) is 0 Å². The molecule has 0 saturated carbocycles. The van der Waals surface area contributed by atoms with Gasteiger partial charge in [0.15, 0.2) is 0 Å². The van der Waals surface area contributed by atoms with E-state index in [1.165, 1.54) is 116 Å². The summed E-state index contributed by atoms with van der Waals surface area (Å²) < 4.78 is 5.53. The van der Waals surface area contributed by atoms with Crippen molar-refractivity contribution >= 4 is 5.91 Å². The number of hydrogen-bond donors (Lipinski definition) is 1. The molecule has 0 aliphatic carbocycles. The quantitative estimate of drug-likeness (QED) is 0.179. The molecular weight excluding hydrogens is 370 g/mol. The zero-order valence-corrected chi connectivity index (χ0v) is 20.4. The molecule has 178 valence electrons. The van der Waals surface area contributed by atoms with Crippen molar-refractivity contribution in [2.24, 2.45) is 0 Å². The lowest BCUT2D eigenvalue weighted by molar-refractivity contribution is -0.121. The summed E-state index contributed by atoms with van der Waals surface area (Å²) in [5.41, 5.74) is 0. The second-order valence-corrected chi connectivity index (χ2v) is 9.55. The number of rotatable bonds is 22. The Morgan fingerprint density at radius 1 is 0.700 bits per heavy atom. The lowest BCUT2D eigenvalue weighted by Crippen LogP contribution is -2.31. The molecule has 3 heteroatoms. The summed E-state index contributed by atoms with van der Waals surface area (Å²) in [5, 5.41) is 3.02. The van der Waals surface area contributed by atoms with Crippen molar-refractivity contribution in [1.29, 1.82) is 0 Å². The first-order valence-electron chi connectivity index (χ1n) is 13.7. The molecule has 1 rings (SSSR count). The number of hydrogen-bond acceptors (Lipinski definition) is 2. The molecule has 1 amide bonds. The molecule has 0 aromatic heterocycles. The SMILES string of the molecule is CCCCCCCCCCCCCCCCCCCCCC(=O)NCC1CCCO1. The fourth-order valence-electron chi connectivity index (χ4n) is 4.49. The van der Waals surface area contributed by atoms with E-state index in [1.54, 1.807) is 0 Å². The van der Waals surface area contributed by atoms with Gasteiger partial charge in [-0.25, -0.2) is 0 Å². The average Bonchev–Trinajstić information content (AvgIpc) is 3.27. The second-order valence-electron chi connectivity index (χ2n) is 9.55. The summed E-state index contributed by atoms with van der Waals surface area (Å²) in [6.07, 6.45) is 29.6. The summed E-state index contributed by atoms with van der Waals surface area (Å²) >= 11 is 0. The molecule has 1 aliphatic rings. The highest BCUT2D eigenvalue weighted by Gasteiger charge is 2.15. The smallest absolute Gasteiger partial charge is 0.220 e. The molecule has 1 N–H and O–H groups in total. The molecule has 3 nitrogen and oxygen atoms in total. The van der Waals surface area contributed by atoms with Gasteiger partial charge in [-0.1, -0.05) is 122 Å².